The number of carboxylic acid groups (broad SMARTS) is 1. The van der Waals surface area contributed by atoms with Crippen LogP contribution in [0, 0.1) is 5.41 Å². The quantitative estimate of drug-likeness (QED) is 0.681. The third-order valence-corrected chi connectivity index (χ3v) is 3.74. The maximum absolute atomic E-state index is 11.6. The van der Waals surface area contributed by atoms with E-state index >= 15 is 0 Å². The zero-order valence-corrected chi connectivity index (χ0v) is 11.7. The molecule has 0 radical (unpaired) electrons. The first-order valence-electron chi connectivity index (χ1n) is 6.74. The van der Waals surface area contributed by atoms with Crippen molar-refractivity contribution in [2.24, 2.45) is 5.41 Å². The normalized spacial score (nSPS) is 19.5. The van der Waals surface area contributed by atoms with Gasteiger partial charge in [-0.1, -0.05) is 26.2 Å². The minimum atomic E-state index is -1.08. The molecule has 3 N–H and O–H groups in total. The summed E-state index contributed by atoms with van der Waals surface area (Å²) >= 11 is 0. The predicted octanol–water partition coefficient (Wildman–Crippen LogP) is 1.36. The van der Waals surface area contributed by atoms with Gasteiger partial charge < -0.3 is 20.5 Å². The van der Waals surface area contributed by atoms with E-state index in [0.717, 1.165) is 12.8 Å². The molecule has 0 aliphatic heterocycles. The Labute approximate surface area is 113 Å². The Morgan fingerprint density at radius 2 is 1.89 bits per heavy atom. The van der Waals surface area contributed by atoms with E-state index in [1.165, 1.54) is 26.4 Å². The Balaban J connectivity index is 2.25. The number of urea groups is 1. The average Bonchev–Trinajstić information content (AvgIpc) is 2.38. The average molecular weight is 272 g/mol. The second-order valence-corrected chi connectivity index (χ2v) is 5.50. The van der Waals surface area contributed by atoms with Gasteiger partial charge in [0.15, 0.2) is 6.10 Å². The van der Waals surface area contributed by atoms with Gasteiger partial charge in [-0.25, -0.2) is 9.59 Å². The number of nitrogens with one attached hydrogen (secondary N) is 2. The Morgan fingerprint density at radius 3 is 2.42 bits per heavy atom. The summed E-state index contributed by atoms with van der Waals surface area (Å²) in [7, 11) is 1.31. The van der Waals surface area contributed by atoms with Gasteiger partial charge >= 0.3 is 12.0 Å². The zero-order valence-electron chi connectivity index (χ0n) is 11.7. The molecule has 1 atom stereocenters. The van der Waals surface area contributed by atoms with E-state index < -0.39 is 12.1 Å². The van der Waals surface area contributed by atoms with Crippen molar-refractivity contribution in [3.05, 3.63) is 0 Å². The summed E-state index contributed by atoms with van der Waals surface area (Å²) < 4.78 is 4.73. The molecular formula is C13H24N2O4. The molecule has 0 aromatic carbocycles. The van der Waals surface area contributed by atoms with Gasteiger partial charge in [0, 0.05) is 13.7 Å². The lowest BCUT2D eigenvalue weighted by molar-refractivity contribution is -0.147. The Kier molecular flexibility index (Phi) is 6.08. The number of rotatable bonds is 6. The monoisotopic (exact) mass is 272 g/mol. The highest BCUT2D eigenvalue weighted by molar-refractivity contribution is 5.76. The SMILES string of the molecule is COC(CNC(=O)NCC1(C)CCCCC1)C(=O)O. The molecule has 1 aliphatic rings. The van der Waals surface area contributed by atoms with Gasteiger partial charge in [0.2, 0.25) is 0 Å². The van der Waals surface area contributed by atoms with Gasteiger partial charge in [-0.2, -0.15) is 0 Å². The minimum absolute atomic E-state index is 0.0334. The Bertz CT molecular complexity index is 314. The molecule has 1 saturated carbocycles. The molecule has 0 bridgehead atoms. The molecule has 6 heteroatoms. The van der Waals surface area contributed by atoms with Crippen LogP contribution in [0.25, 0.3) is 0 Å². The van der Waals surface area contributed by atoms with E-state index in [0.29, 0.717) is 6.54 Å². The summed E-state index contributed by atoms with van der Waals surface area (Å²) in [6.07, 6.45) is 4.95. The lowest BCUT2D eigenvalue weighted by Crippen LogP contribution is -2.46. The van der Waals surface area contributed by atoms with Crippen LogP contribution >= 0.6 is 0 Å². The van der Waals surface area contributed by atoms with Crippen LogP contribution in [-0.2, 0) is 9.53 Å². The van der Waals surface area contributed by atoms with Crippen molar-refractivity contribution in [2.75, 3.05) is 20.2 Å². The standard InChI is InChI=1S/C13H24N2O4/c1-13(6-4-3-5-7-13)9-15-12(18)14-8-10(19-2)11(16)17/h10H,3-9H2,1-2H3,(H,16,17)(H2,14,15,18). The lowest BCUT2D eigenvalue weighted by atomic mass is 9.76. The number of hydrogen-bond donors (Lipinski definition) is 3. The third-order valence-electron chi connectivity index (χ3n) is 3.74. The molecule has 0 aromatic heterocycles. The molecule has 0 aromatic rings. The second kappa shape index (κ2) is 7.33. The number of ether oxygens (including phenoxy) is 1. The van der Waals surface area contributed by atoms with E-state index in [4.69, 9.17) is 9.84 Å². The number of carbonyl (C=O) groups excluding carboxylic acids is 1. The predicted molar refractivity (Wildman–Crippen MR) is 71.0 cm³/mol. The van der Waals surface area contributed by atoms with E-state index in [1.54, 1.807) is 0 Å². The first-order valence-corrected chi connectivity index (χ1v) is 6.74. The van der Waals surface area contributed by atoms with Crippen LogP contribution in [0.4, 0.5) is 4.79 Å². The third kappa shape index (κ3) is 5.46. The van der Waals surface area contributed by atoms with E-state index in [1.807, 2.05) is 0 Å². The molecule has 1 fully saturated rings. The highest BCUT2D eigenvalue weighted by Crippen LogP contribution is 2.34. The highest BCUT2D eigenvalue weighted by atomic mass is 16.5. The molecule has 2 amide bonds. The summed E-state index contributed by atoms with van der Waals surface area (Å²) in [5, 5.41) is 14.1. The van der Waals surface area contributed by atoms with E-state index in [9.17, 15) is 9.59 Å². The van der Waals surface area contributed by atoms with Crippen LogP contribution in [0.15, 0.2) is 0 Å². The van der Waals surface area contributed by atoms with Crippen molar-refractivity contribution < 1.29 is 19.4 Å². The van der Waals surface area contributed by atoms with Crippen molar-refractivity contribution >= 4 is 12.0 Å². The maximum Gasteiger partial charge on any atom is 0.334 e. The van der Waals surface area contributed by atoms with E-state index in [2.05, 4.69) is 17.6 Å². The number of hydrogen-bond acceptors (Lipinski definition) is 3. The zero-order chi connectivity index (χ0) is 14.3. The molecule has 110 valence electrons. The highest BCUT2D eigenvalue weighted by Gasteiger charge is 2.27. The topological polar surface area (TPSA) is 87.7 Å². The summed E-state index contributed by atoms with van der Waals surface area (Å²) in [5.41, 5.74) is 0.170. The molecule has 0 heterocycles. The summed E-state index contributed by atoms with van der Waals surface area (Å²) in [6.45, 7) is 2.78. The van der Waals surface area contributed by atoms with Gasteiger partial charge in [0.05, 0.1) is 6.54 Å². The molecule has 0 saturated heterocycles. The Hall–Kier alpha value is -1.30. The molecule has 1 unspecified atom stereocenters. The molecule has 1 rings (SSSR count). The molecular weight excluding hydrogens is 248 g/mol. The van der Waals surface area contributed by atoms with Crippen molar-refractivity contribution in [1.29, 1.82) is 0 Å². The molecule has 0 spiro atoms. The van der Waals surface area contributed by atoms with Gasteiger partial charge in [-0.05, 0) is 18.3 Å². The van der Waals surface area contributed by atoms with Crippen molar-refractivity contribution in [2.45, 2.75) is 45.1 Å². The summed E-state index contributed by atoms with van der Waals surface area (Å²) in [4.78, 5) is 22.3. The van der Waals surface area contributed by atoms with Gasteiger partial charge in [0.25, 0.3) is 0 Å². The second-order valence-electron chi connectivity index (χ2n) is 5.50. The first-order chi connectivity index (χ1) is 8.97. The fourth-order valence-electron chi connectivity index (χ4n) is 2.40. The number of carbonyl (C=O) groups is 2. The van der Waals surface area contributed by atoms with Crippen molar-refractivity contribution in [1.82, 2.24) is 10.6 Å². The van der Waals surface area contributed by atoms with Crippen LogP contribution < -0.4 is 10.6 Å². The van der Waals surface area contributed by atoms with Crippen LogP contribution in [0.2, 0.25) is 0 Å². The van der Waals surface area contributed by atoms with Crippen LogP contribution in [0.5, 0.6) is 0 Å². The smallest absolute Gasteiger partial charge is 0.334 e. The molecule has 6 nitrogen and oxygen atoms in total. The van der Waals surface area contributed by atoms with E-state index in [-0.39, 0.29) is 18.0 Å². The van der Waals surface area contributed by atoms with Crippen LogP contribution in [0.1, 0.15) is 39.0 Å². The fourth-order valence-corrected chi connectivity index (χ4v) is 2.40. The molecule has 1 aliphatic carbocycles. The summed E-state index contributed by atoms with van der Waals surface area (Å²) in [6, 6.07) is -0.338. The summed E-state index contributed by atoms with van der Waals surface area (Å²) in [5.74, 6) is -1.08. The number of aliphatic carboxylic acids is 1. The minimum Gasteiger partial charge on any atom is -0.479 e. The van der Waals surface area contributed by atoms with Gasteiger partial charge in [0.1, 0.15) is 0 Å². The Morgan fingerprint density at radius 1 is 1.26 bits per heavy atom. The van der Waals surface area contributed by atoms with Gasteiger partial charge in [-0.3, -0.25) is 0 Å². The van der Waals surface area contributed by atoms with Crippen LogP contribution in [-0.4, -0.2) is 43.4 Å². The fraction of sp³-hybridized carbons (Fsp3) is 0.846. The van der Waals surface area contributed by atoms with Crippen molar-refractivity contribution in [3.63, 3.8) is 0 Å². The number of carboxylic acids is 1. The van der Waals surface area contributed by atoms with Gasteiger partial charge in [-0.15, -0.1) is 0 Å². The molecule has 19 heavy (non-hydrogen) atoms. The maximum atomic E-state index is 11.6. The number of methoxy groups -OCH3 is 1. The lowest BCUT2D eigenvalue weighted by Gasteiger charge is -2.33. The van der Waals surface area contributed by atoms with Crippen molar-refractivity contribution in [3.8, 4) is 0 Å². The largest absolute Gasteiger partial charge is 0.479 e. The first kappa shape index (κ1) is 15.8. The number of amides is 2. The van der Waals surface area contributed by atoms with Crippen LogP contribution in [0.3, 0.4) is 0 Å².